The second-order valence-corrected chi connectivity index (χ2v) is 5.99. The number of nitrogens with zero attached hydrogens (tertiary/aromatic N) is 2. The fourth-order valence-corrected chi connectivity index (χ4v) is 3.03. The summed E-state index contributed by atoms with van der Waals surface area (Å²) in [7, 11) is 0. The first kappa shape index (κ1) is 16.9. The van der Waals surface area contributed by atoms with E-state index in [1.165, 1.54) is 12.1 Å². The van der Waals surface area contributed by atoms with E-state index in [9.17, 15) is 19.3 Å². The molecule has 6 nitrogen and oxygen atoms in total. The number of anilines is 1. The zero-order valence-electron chi connectivity index (χ0n) is 13.5. The van der Waals surface area contributed by atoms with Crippen LogP contribution in [0.1, 0.15) is 23.2 Å². The topological polar surface area (TPSA) is 75.5 Å². The van der Waals surface area contributed by atoms with Crippen molar-refractivity contribution in [2.24, 2.45) is 0 Å². The van der Waals surface area contributed by atoms with Crippen LogP contribution >= 0.6 is 0 Å². The van der Waals surface area contributed by atoms with Gasteiger partial charge in [-0.2, -0.15) is 0 Å². The zero-order chi connectivity index (χ0) is 17.8. The van der Waals surface area contributed by atoms with Gasteiger partial charge < -0.3 is 10.2 Å². The summed E-state index contributed by atoms with van der Waals surface area (Å²) in [5.74, 6) is -0.743. The number of carbonyl (C=O) groups is 1. The monoisotopic (exact) mass is 343 g/mol. The lowest BCUT2D eigenvalue weighted by molar-refractivity contribution is -0.384. The highest BCUT2D eigenvalue weighted by Crippen LogP contribution is 2.31. The Labute approximate surface area is 144 Å². The molecule has 0 saturated carbocycles. The number of carbonyl (C=O) groups excluding carboxylic acids is 1. The highest BCUT2D eigenvalue weighted by Gasteiger charge is 2.26. The number of benzene rings is 2. The molecule has 3 rings (SSSR count). The van der Waals surface area contributed by atoms with E-state index in [1.807, 2.05) is 23.1 Å². The number of halogens is 1. The molecule has 0 aliphatic carbocycles. The van der Waals surface area contributed by atoms with Gasteiger partial charge in [0, 0.05) is 24.7 Å². The zero-order valence-corrected chi connectivity index (χ0v) is 13.5. The fraction of sp³-hybridized carbons (Fsp3) is 0.278. The smallest absolute Gasteiger partial charge is 0.295 e. The maximum Gasteiger partial charge on any atom is 0.295 e. The predicted molar refractivity (Wildman–Crippen MR) is 92.2 cm³/mol. The van der Waals surface area contributed by atoms with Gasteiger partial charge in [0.1, 0.15) is 11.5 Å². The Balaban J connectivity index is 1.63. The predicted octanol–water partition coefficient (Wildman–Crippen LogP) is 3.13. The van der Waals surface area contributed by atoms with Gasteiger partial charge in [-0.05, 0) is 37.1 Å². The highest BCUT2D eigenvalue weighted by molar-refractivity contribution is 5.94. The third-order valence-electron chi connectivity index (χ3n) is 4.34. The van der Waals surface area contributed by atoms with E-state index in [2.05, 4.69) is 5.32 Å². The van der Waals surface area contributed by atoms with E-state index in [0.717, 1.165) is 6.07 Å². The van der Waals surface area contributed by atoms with Gasteiger partial charge in [-0.1, -0.05) is 18.2 Å². The summed E-state index contributed by atoms with van der Waals surface area (Å²) in [5.41, 5.74) is 0.796. The Bertz CT molecular complexity index is 774. The molecule has 25 heavy (non-hydrogen) atoms. The molecule has 2 aromatic rings. The molecule has 7 heteroatoms. The van der Waals surface area contributed by atoms with Crippen LogP contribution in [0.3, 0.4) is 0 Å². The van der Waals surface area contributed by atoms with Crippen molar-refractivity contribution in [1.82, 2.24) is 5.32 Å². The van der Waals surface area contributed by atoms with Crippen molar-refractivity contribution in [3.63, 3.8) is 0 Å². The molecule has 0 bridgehead atoms. The van der Waals surface area contributed by atoms with Crippen molar-refractivity contribution in [3.05, 3.63) is 70.0 Å². The Kier molecular flexibility index (Phi) is 4.92. The van der Waals surface area contributed by atoms with Crippen LogP contribution in [0.5, 0.6) is 0 Å². The summed E-state index contributed by atoms with van der Waals surface area (Å²) >= 11 is 0. The van der Waals surface area contributed by atoms with E-state index >= 15 is 0 Å². The van der Waals surface area contributed by atoms with Crippen LogP contribution in [0.2, 0.25) is 0 Å². The molecule has 1 aliphatic heterocycles. The van der Waals surface area contributed by atoms with Gasteiger partial charge in [0.2, 0.25) is 0 Å². The molecule has 1 amide bonds. The van der Waals surface area contributed by atoms with Crippen molar-refractivity contribution < 1.29 is 14.1 Å². The largest absolute Gasteiger partial charge is 0.366 e. The average Bonchev–Trinajstić information content (AvgIpc) is 2.63. The van der Waals surface area contributed by atoms with Crippen LogP contribution in [-0.2, 0) is 0 Å². The number of nitrogens with one attached hydrogen (secondary N) is 1. The van der Waals surface area contributed by atoms with Crippen LogP contribution in [0, 0.1) is 15.9 Å². The third-order valence-corrected chi connectivity index (χ3v) is 4.34. The highest BCUT2D eigenvalue weighted by atomic mass is 19.1. The first-order chi connectivity index (χ1) is 12.0. The molecule has 1 saturated heterocycles. The molecule has 1 heterocycles. The first-order valence-electron chi connectivity index (χ1n) is 8.09. The van der Waals surface area contributed by atoms with E-state index in [1.54, 1.807) is 12.1 Å². The van der Waals surface area contributed by atoms with Crippen LogP contribution < -0.4 is 10.2 Å². The number of amides is 1. The van der Waals surface area contributed by atoms with Gasteiger partial charge in [-0.15, -0.1) is 0 Å². The Morgan fingerprint density at radius 3 is 2.48 bits per heavy atom. The molecular weight excluding hydrogens is 325 g/mol. The molecule has 1 aliphatic rings. The lowest BCUT2D eigenvalue weighted by Crippen LogP contribution is -2.44. The molecule has 1 N–H and O–H groups in total. The first-order valence-corrected chi connectivity index (χ1v) is 8.09. The van der Waals surface area contributed by atoms with Gasteiger partial charge >= 0.3 is 0 Å². The van der Waals surface area contributed by atoms with Gasteiger partial charge in [0.05, 0.1) is 11.0 Å². The SMILES string of the molecule is O=C(NC1CCN(c2ccc(F)cc2[N+](=O)[O-])CC1)c1ccccc1. The normalized spacial score (nSPS) is 15.0. The summed E-state index contributed by atoms with van der Waals surface area (Å²) in [4.78, 5) is 24.6. The van der Waals surface area contributed by atoms with Gasteiger partial charge in [0.15, 0.2) is 0 Å². The van der Waals surface area contributed by atoms with Crippen LogP contribution in [0.15, 0.2) is 48.5 Å². The van der Waals surface area contributed by atoms with Gasteiger partial charge in [-0.3, -0.25) is 14.9 Å². The van der Waals surface area contributed by atoms with Gasteiger partial charge in [-0.25, -0.2) is 4.39 Å². The van der Waals surface area contributed by atoms with Crippen molar-refractivity contribution >= 4 is 17.3 Å². The maximum absolute atomic E-state index is 13.3. The number of hydrogen-bond donors (Lipinski definition) is 1. The second-order valence-electron chi connectivity index (χ2n) is 5.99. The van der Waals surface area contributed by atoms with Crippen molar-refractivity contribution in [2.75, 3.05) is 18.0 Å². The number of nitro benzene ring substituents is 1. The lowest BCUT2D eigenvalue weighted by atomic mass is 10.0. The maximum atomic E-state index is 13.3. The minimum absolute atomic E-state index is 0.0171. The average molecular weight is 343 g/mol. The lowest BCUT2D eigenvalue weighted by Gasteiger charge is -2.33. The molecular formula is C18H18FN3O3. The minimum atomic E-state index is -0.625. The number of hydrogen-bond acceptors (Lipinski definition) is 4. The van der Waals surface area contributed by atoms with E-state index in [4.69, 9.17) is 0 Å². The van der Waals surface area contributed by atoms with E-state index < -0.39 is 10.7 Å². The van der Waals surface area contributed by atoms with Gasteiger partial charge in [0.25, 0.3) is 11.6 Å². The Hall–Kier alpha value is -2.96. The summed E-state index contributed by atoms with van der Waals surface area (Å²) in [5, 5.41) is 14.1. The van der Waals surface area contributed by atoms with Crippen LogP contribution in [0.25, 0.3) is 0 Å². The molecule has 0 unspecified atom stereocenters. The molecule has 2 aromatic carbocycles. The molecule has 0 radical (unpaired) electrons. The molecule has 0 atom stereocenters. The minimum Gasteiger partial charge on any atom is -0.366 e. The summed E-state index contributed by atoms with van der Waals surface area (Å²) < 4.78 is 13.3. The quantitative estimate of drug-likeness (QED) is 0.683. The summed E-state index contributed by atoms with van der Waals surface area (Å²) in [6.07, 6.45) is 1.35. The summed E-state index contributed by atoms with van der Waals surface area (Å²) in [6, 6.07) is 12.6. The fourth-order valence-electron chi connectivity index (χ4n) is 3.03. The number of rotatable bonds is 4. The molecule has 1 fully saturated rings. The third kappa shape index (κ3) is 3.93. The summed E-state index contributed by atoms with van der Waals surface area (Å²) in [6.45, 7) is 1.12. The second kappa shape index (κ2) is 7.29. The molecule has 130 valence electrons. The van der Waals surface area contributed by atoms with Crippen molar-refractivity contribution in [3.8, 4) is 0 Å². The Morgan fingerprint density at radius 2 is 1.84 bits per heavy atom. The van der Waals surface area contributed by atoms with Crippen molar-refractivity contribution in [1.29, 1.82) is 0 Å². The molecule has 0 aromatic heterocycles. The number of piperidine rings is 1. The molecule has 0 spiro atoms. The Morgan fingerprint density at radius 1 is 1.16 bits per heavy atom. The van der Waals surface area contributed by atoms with Crippen molar-refractivity contribution in [2.45, 2.75) is 18.9 Å². The van der Waals surface area contributed by atoms with E-state index in [-0.39, 0.29) is 17.6 Å². The van der Waals surface area contributed by atoms with E-state index in [0.29, 0.717) is 37.2 Å². The standard InChI is InChI=1S/C18H18FN3O3/c19-14-6-7-16(17(12-14)22(24)25)21-10-8-15(9-11-21)20-18(23)13-4-2-1-3-5-13/h1-7,12,15H,8-11H2,(H,20,23). The van der Waals surface area contributed by atoms with Crippen LogP contribution in [0.4, 0.5) is 15.8 Å². The van der Waals surface area contributed by atoms with Crippen LogP contribution in [-0.4, -0.2) is 30.0 Å². The number of nitro groups is 1.